The number of carbonyl (C=O) groups excluding carboxylic acids is 2. The van der Waals surface area contributed by atoms with E-state index in [1.165, 1.54) is 13.2 Å². The van der Waals surface area contributed by atoms with E-state index in [1.54, 1.807) is 30.3 Å². The molecule has 2 aromatic rings. The molecule has 2 rings (SSSR count). The summed E-state index contributed by atoms with van der Waals surface area (Å²) < 4.78 is 10.7. The molecule has 0 spiro atoms. The molecule has 4 nitrogen and oxygen atoms in total. The zero-order valence-corrected chi connectivity index (χ0v) is 15.0. The van der Waals surface area contributed by atoms with Crippen molar-refractivity contribution in [2.75, 3.05) is 13.7 Å². The minimum atomic E-state index is -0.710. The first-order valence-electron chi connectivity index (χ1n) is 6.42. The monoisotopic (exact) mass is 416 g/mol. The van der Waals surface area contributed by atoms with Crippen LogP contribution >= 0.6 is 39.1 Å². The molecule has 0 saturated heterocycles. The second-order valence-electron chi connectivity index (χ2n) is 4.45. The number of esters is 1. The van der Waals surface area contributed by atoms with Crippen LogP contribution in [0.2, 0.25) is 10.0 Å². The largest absolute Gasteiger partial charge is 0.496 e. The number of hydrogen-bond acceptors (Lipinski definition) is 4. The minimum Gasteiger partial charge on any atom is -0.496 e. The van der Waals surface area contributed by atoms with Gasteiger partial charge in [-0.3, -0.25) is 4.79 Å². The highest BCUT2D eigenvalue weighted by atomic mass is 79.9. The second kappa shape index (κ2) is 7.81. The molecular weight excluding hydrogens is 407 g/mol. The predicted molar refractivity (Wildman–Crippen MR) is 91.8 cm³/mol. The van der Waals surface area contributed by atoms with Gasteiger partial charge < -0.3 is 9.47 Å². The average molecular weight is 418 g/mol. The molecule has 0 radical (unpaired) electrons. The maximum absolute atomic E-state index is 12.1. The van der Waals surface area contributed by atoms with E-state index in [4.69, 9.17) is 32.7 Å². The van der Waals surface area contributed by atoms with E-state index in [-0.39, 0.29) is 21.4 Å². The van der Waals surface area contributed by atoms with Gasteiger partial charge in [0.15, 0.2) is 12.4 Å². The van der Waals surface area contributed by atoms with Gasteiger partial charge in [0.1, 0.15) is 5.75 Å². The summed E-state index contributed by atoms with van der Waals surface area (Å²) in [5, 5.41) is 0.338. The first-order chi connectivity index (χ1) is 10.9. The maximum Gasteiger partial charge on any atom is 0.340 e. The number of hydrogen-bond donors (Lipinski definition) is 0. The fourth-order valence-electron chi connectivity index (χ4n) is 1.79. The van der Waals surface area contributed by atoms with Crippen molar-refractivity contribution in [3.05, 3.63) is 62.0 Å². The van der Waals surface area contributed by atoms with Crippen LogP contribution in [-0.2, 0) is 4.74 Å². The molecule has 0 N–H and O–H groups in total. The zero-order valence-electron chi connectivity index (χ0n) is 11.9. The Labute approximate surface area is 151 Å². The molecule has 0 aromatic heterocycles. The van der Waals surface area contributed by atoms with E-state index >= 15 is 0 Å². The summed E-state index contributed by atoms with van der Waals surface area (Å²) in [6.45, 7) is -0.402. The standard InChI is InChI=1S/C16H11BrCl2O4/c1-22-14-6-5-9(7-11(14)17)13(20)8-23-16(21)10-3-2-4-12(18)15(10)19/h2-7H,8H2,1H3. The van der Waals surface area contributed by atoms with Gasteiger partial charge in [0, 0.05) is 5.56 Å². The third-order valence-corrected chi connectivity index (χ3v) is 4.42. The van der Waals surface area contributed by atoms with Gasteiger partial charge in [0.05, 0.1) is 27.2 Å². The van der Waals surface area contributed by atoms with Crippen molar-refractivity contribution in [1.82, 2.24) is 0 Å². The average Bonchev–Trinajstić information content (AvgIpc) is 2.54. The first kappa shape index (κ1) is 17.8. The van der Waals surface area contributed by atoms with Crippen LogP contribution in [0, 0.1) is 0 Å². The van der Waals surface area contributed by atoms with Crippen molar-refractivity contribution < 1.29 is 19.1 Å². The number of methoxy groups -OCH3 is 1. The number of Topliss-reactive ketones (excluding diaryl/α,β-unsaturated/α-hetero) is 1. The summed E-state index contributed by atoms with van der Waals surface area (Å²) in [5.41, 5.74) is 0.505. The van der Waals surface area contributed by atoms with E-state index in [0.29, 0.717) is 15.8 Å². The number of ether oxygens (including phenoxy) is 2. The first-order valence-corrected chi connectivity index (χ1v) is 7.96. The molecule has 7 heteroatoms. The van der Waals surface area contributed by atoms with Gasteiger partial charge in [-0.15, -0.1) is 0 Å². The van der Waals surface area contributed by atoms with Gasteiger partial charge in [-0.25, -0.2) is 4.79 Å². The summed E-state index contributed by atoms with van der Waals surface area (Å²) in [6, 6.07) is 9.44. The molecule has 0 aliphatic carbocycles. The molecule has 0 aliphatic rings. The highest BCUT2D eigenvalue weighted by molar-refractivity contribution is 9.10. The molecular formula is C16H11BrCl2O4. The molecule has 0 saturated carbocycles. The number of halogens is 3. The lowest BCUT2D eigenvalue weighted by molar-refractivity contribution is 0.0475. The summed E-state index contributed by atoms with van der Waals surface area (Å²) in [5.74, 6) is -0.456. The fraction of sp³-hybridized carbons (Fsp3) is 0.125. The minimum absolute atomic E-state index is 0.0961. The molecule has 0 bridgehead atoms. The fourth-order valence-corrected chi connectivity index (χ4v) is 2.71. The molecule has 0 atom stereocenters. The Bertz CT molecular complexity index is 762. The van der Waals surface area contributed by atoms with Crippen LogP contribution in [0.4, 0.5) is 0 Å². The molecule has 23 heavy (non-hydrogen) atoms. The third kappa shape index (κ3) is 4.25. The van der Waals surface area contributed by atoms with E-state index in [2.05, 4.69) is 15.9 Å². The van der Waals surface area contributed by atoms with Crippen LogP contribution in [0.1, 0.15) is 20.7 Å². The van der Waals surface area contributed by atoms with Gasteiger partial charge in [-0.05, 0) is 46.3 Å². The second-order valence-corrected chi connectivity index (χ2v) is 6.09. The lowest BCUT2D eigenvalue weighted by Crippen LogP contribution is -2.14. The van der Waals surface area contributed by atoms with E-state index in [0.717, 1.165) is 0 Å². The van der Waals surface area contributed by atoms with Crippen molar-refractivity contribution in [2.24, 2.45) is 0 Å². The van der Waals surface area contributed by atoms with E-state index in [1.807, 2.05) is 0 Å². The highest BCUT2D eigenvalue weighted by Gasteiger charge is 2.16. The number of ketones is 1. The Morgan fingerprint density at radius 2 is 1.91 bits per heavy atom. The topological polar surface area (TPSA) is 52.6 Å². The molecule has 0 fully saturated rings. The maximum atomic E-state index is 12.1. The number of benzene rings is 2. The lowest BCUT2D eigenvalue weighted by Gasteiger charge is -2.08. The SMILES string of the molecule is COc1ccc(C(=O)COC(=O)c2cccc(Cl)c2Cl)cc1Br. The quantitative estimate of drug-likeness (QED) is 0.517. The Hall–Kier alpha value is -1.56. The Balaban J connectivity index is 2.05. The van der Waals surface area contributed by atoms with E-state index < -0.39 is 12.6 Å². The van der Waals surface area contributed by atoms with Gasteiger partial charge in [-0.2, -0.15) is 0 Å². The predicted octanol–water partition coefficient (Wildman–Crippen LogP) is 4.80. The molecule has 120 valence electrons. The van der Waals surface area contributed by atoms with Crippen molar-refractivity contribution in [3.63, 3.8) is 0 Å². The normalized spacial score (nSPS) is 10.3. The summed E-state index contributed by atoms with van der Waals surface area (Å²) >= 11 is 15.1. The van der Waals surface area contributed by atoms with Gasteiger partial charge in [-0.1, -0.05) is 29.3 Å². The molecule has 0 heterocycles. The van der Waals surface area contributed by atoms with Crippen LogP contribution in [-0.4, -0.2) is 25.5 Å². The van der Waals surface area contributed by atoms with Crippen LogP contribution < -0.4 is 4.74 Å². The molecule has 2 aromatic carbocycles. The van der Waals surface area contributed by atoms with Crippen molar-refractivity contribution in [3.8, 4) is 5.75 Å². The van der Waals surface area contributed by atoms with E-state index in [9.17, 15) is 9.59 Å². The molecule has 0 unspecified atom stereocenters. The Kier molecular flexibility index (Phi) is 6.04. The number of carbonyl (C=O) groups is 2. The smallest absolute Gasteiger partial charge is 0.340 e. The molecule has 0 amide bonds. The van der Waals surface area contributed by atoms with Crippen molar-refractivity contribution in [1.29, 1.82) is 0 Å². The highest BCUT2D eigenvalue weighted by Crippen LogP contribution is 2.27. The van der Waals surface area contributed by atoms with Crippen molar-refractivity contribution in [2.45, 2.75) is 0 Å². The summed E-state index contributed by atoms with van der Waals surface area (Å²) in [4.78, 5) is 24.1. The van der Waals surface area contributed by atoms with Crippen LogP contribution in [0.3, 0.4) is 0 Å². The van der Waals surface area contributed by atoms with Gasteiger partial charge in [0.25, 0.3) is 0 Å². The lowest BCUT2D eigenvalue weighted by atomic mass is 10.1. The van der Waals surface area contributed by atoms with Crippen LogP contribution in [0.25, 0.3) is 0 Å². The van der Waals surface area contributed by atoms with Gasteiger partial charge in [0.2, 0.25) is 0 Å². The third-order valence-electron chi connectivity index (χ3n) is 2.98. The van der Waals surface area contributed by atoms with Crippen molar-refractivity contribution >= 4 is 50.9 Å². The zero-order chi connectivity index (χ0) is 17.0. The van der Waals surface area contributed by atoms with Crippen LogP contribution in [0.5, 0.6) is 5.75 Å². The number of rotatable bonds is 5. The summed E-state index contributed by atoms with van der Waals surface area (Å²) in [7, 11) is 1.53. The van der Waals surface area contributed by atoms with Crippen LogP contribution in [0.15, 0.2) is 40.9 Å². The van der Waals surface area contributed by atoms with Gasteiger partial charge >= 0.3 is 5.97 Å². The Morgan fingerprint density at radius 3 is 2.57 bits per heavy atom. The molecule has 0 aliphatic heterocycles. The summed E-state index contributed by atoms with van der Waals surface area (Å²) in [6.07, 6.45) is 0. The Morgan fingerprint density at radius 1 is 1.17 bits per heavy atom.